The second-order valence-electron chi connectivity index (χ2n) is 5.64. The number of hydrogen-bond acceptors (Lipinski definition) is 2. The maximum atomic E-state index is 13.7. The molecule has 0 aliphatic carbocycles. The Balaban J connectivity index is 1.63. The highest BCUT2D eigenvalue weighted by atomic mass is 32.1. The largest absolute Gasteiger partial charge is 0.358 e. The number of anilines is 1. The van der Waals surface area contributed by atoms with Gasteiger partial charge >= 0.3 is 0 Å². The van der Waals surface area contributed by atoms with Gasteiger partial charge in [-0.05, 0) is 17.8 Å². The zero-order valence-corrected chi connectivity index (χ0v) is 14.7. The van der Waals surface area contributed by atoms with E-state index in [1.165, 1.54) is 12.3 Å². The first-order valence-corrected chi connectivity index (χ1v) is 8.29. The molecule has 0 atom stereocenters. The average molecular weight is 394 g/mol. The fourth-order valence-electron chi connectivity index (χ4n) is 2.38. The van der Waals surface area contributed by atoms with E-state index in [4.69, 9.17) is 12.2 Å². The molecule has 3 aromatic rings. The summed E-state index contributed by atoms with van der Waals surface area (Å²) in [5.41, 5.74) is 0.290. The third kappa shape index (κ3) is 4.62. The molecule has 0 amide bonds. The number of nitrogens with one attached hydrogen (secondary N) is 2. The van der Waals surface area contributed by atoms with Gasteiger partial charge in [-0.1, -0.05) is 30.3 Å². The summed E-state index contributed by atoms with van der Waals surface area (Å²) in [4.78, 5) is 0. The van der Waals surface area contributed by atoms with Crippen LogP contribution in [0, 0.1) is 23.3 Å². The average Bonchev–Trinajstić information content (AvgIpc) is 3.10. The number of hydrogen-bond donors (Lipinski definition) is 2. The van der Waals surface area contributed by atoms with Crippen molar-refractivity contribution in [2.75, 3.05) is 5.32 Å². The Hall–Kier alpha value is -2.94. The van der Waals surface area contributed by atoms with E-state index in [1.807, 2.05) is 30.3 Å². The van der Waals surface area contributed by atoms with Crippen LogP contribution in [0.4, 0.5) is 23.4 Å². The van der Waals surface area contributed by atoms with Gasteiger partial charge in [-0.25, -0.2) is 17.6 Å². The number of thiocarbonyl (C=S) groups is 1. The molecule has 0 unspecified atom stereocenters. The van der Waals surface area contributed by atoms with Gasteiger partial charge in [0.1, 0.15) is 0 Å². The lowest BCUT2D eigenvalue weighted by molar-refractivity contribution is 0.431. The van der Waals surface area contributed by atoms with E-state index in [0.717, 1.165) is 10.2 Å². The van der Waals surface area contributed by atoms with E-state index in [1.54, 1.807) is 0 Å². The van der Waals surface area contributed by atoms with Crippen LogP contribution in [-0.4, -0.2) is 14.9 Å². The standard InChI is InChI=1S/C18H14F4N4S/c19-13-8-14(20)17(22)12(16(13)21)10-26-7-6-15(25-26)24-18(27)23-9-11-4-2-1-3-5-11/h1-8H,9-10H2,(H2,23,24,25,27). The Labute approximate surface area is 157 Å². The first-order chi connectivity index (χ1) is 12.9. The fraction of sp³-hybridized carbons (Fsp3) is 0.111. The van der Waals surface area contributed by atoms with Crippen LogP contribution in [-0.2, 0) is 13.1 Å². The van der Waals surface area contributed by atoms with E-state index in [0.29, 0.717) is 17.5 Å². The molecular formula is C18H14F4N4S. The zero-order chi connectivity index (χ0) is 19.4. The molecule has 4 nitrogen and oxygen atoms in total. The van der Waals surface area contributed by atoms with E-state index >= 15 is 0 Å². The summed E-state index contributed by atoms with van der Waals surface area (Å²) in [6.45, 7) is 0.0323. The van der Waals surface area contributed by atoms with E-state index in [9.17, 15) is 17.6 Å². The van der Waals surface area contributed by atoms with Gasteiger partial charge in [-0.3, -0.25) is 4.68 Å². The third-order valence-corrected chi connectivity index (χ3v) is 3.95. The summed E-state index contributed by atoms with van der Waals surface area (Å²) in [6, 6.07) is 11.3. The molecule has 0 spiro atoms. The first kappa shape index (κ1) is 18.8. The summed E-state index contributed by atoms with van der Waals surface area (Å²) in [5, 5.41) is 10.2. The molecule has 1 heterocycles. The predicted molar refractivity (Wildman–Crippen MR) is 97.1 cm³/mol. The topological polar surface area (TPSA) is 41.9 Å². The number of benzene rings is 2. The molecule has 0 fully saturated rings. The Morgan fingerprint density at radius 2 is 1.67 bits per heavy atom. The van der Waals surface area contributed by atoms with Crippen molar-refractivity contribution in [3.05, 3.63) is 83.1 Å². The Morgan fingerprint density at radius 1 is 1.00 bits per heavy atom. The molecule has 9 heteroatoms. The van der Waals surface area contributed by atoms with Crippen LogP contribution in [0.3, 0.4) is 0 Å². The molecule has 0 aliphatic rings. The molecule has 0 saturated heterocycles. The SMILES string of the molecule is Fc1cc(F)c(F)c(Cn2ccc(NC(=S)NCc3ccccc3)n2)c1F. The Morgan fingerprint density at radius 3 is 2.33 bits per heavy atom. The molecule has 3 rings (SSSR count). The van der Waals surface area contributed by atoms with Crippen molar-refractivity contribution in [1.29, 1.82) is 0 Å². The molecule has 1 aromatic heterocycles. The molecule has 0 radical (unpaired) electrons. The smallest absolute Gasteiger partial charge is 0.172 e. The molecule has 0 aliphatic heterocycles. The molecule has 2 aromatic carbocycles. The summed E-state index contributed by atoms with van der Waals surface area (Å²) < 4.78 is 55.2. The van der Waals surface area contributed by atoms with Crippen LogP contribution in [0.5, 0.6) is 0 Å². The van der Waals surface area contributed by atoms with Crippen molar-refractivity contribution in [1.82, 2.24) is 15.1 Å². The second kappa shape index (κ2) is 8.17. The zero-order valence-electron chi connectivity index (χ0n) is 13.8. The fourth-order valence-corrected chi connectivity index (χ4v) is 2.56. The maximum Gasteiger partial charge on any atom is 0.172 e. The molecular weight excluding hydrogens is 380 g/mol. The minimum Gasteiger partial charge on any atom is -0.358 e. The van der Waals surface area contributed by atoms with Gasteiger partial charge < -0.3 is 10.6 Å². The first-order valence-electron chi connectivity index (χ1n) is 7.88. The van der Waals surface area contributed by atoms with Crippen LogP contribution in [0.25, 0.3) is 0 Å². The number of nitrogens with zero attached hydrogens (tertiary/aromatic N) is 2. The Kier molecular flexibility index (Phi) is 5.70. The second-order valence-corrected chi connectivity index (χ2v) is 6.05. The third-order valence-electron chi connectivity index (χ3n) is 3.70. The minimum atomic E-state index is -1.46. The summed E-state index contributed by atoms with van der Waals surface area (Å²) >= 11 is 5.16. The van der Waals surface area contributed by atoms with E-state index in [-0.39, 0.29) is 6.07 Å². The van der Waals surface area contributed by atoms with Crippen LogP contribution in [0.2, 0.25) is 0 Å². The van der Waals surface area contributed by atoms with Crippen molar-refractivity contribution >= 4 is 23.1 Å². The van der Waals surface area contributed by atoms with Crippen LogP contribution < -0.4 is 10.6 Å². The Bertz CT molecular complexity index is 933. The molecule has 2 N–H and O–H groups in total. The normalized spacial score (nSPS) is 10.7. The van der Waals surface area contributed by atoms with Gasteiger partial charge in [0.05, 0.1) is 12.1 Å². The van der Waals surface area contributed by atoms with Gasteiger partial charge in [-0.15, -0.1) is 0 Å². The lowest BCUT2D eigenvalue weighted by Crippen LogP contribution is -2.28. The van der Waals surface area contributed by atoms with Crippen molar-refractivity contribution in [3.8, 4) is 0 Å². The minimum absolute atomic E-state index is 0.168. The summed E-state index contributed by atoms with van der Waals surface area (Å²) in [6.07, 6.45) is 1.41. The summed E-state index contributed by atoms with van der Waals surface area (Å²) in [5.74, 6) is -5.49. The molecule has 0 bridgehead atoms. The number of halogens is 4. The van der Waals surface area contributed by atoms with Gasteiger partial charge in [0.15, 0.2) is 34.2 Å². The lowest BCUT2D eigenvalue weighted by Gasteiger charge is -2.09. The molecule has 0 saturated carbocycles. The highest BCUT2D eigenvalue weighted by Gasteiger charge is 2.19. The van der Waals surface area contributed by atoms with Gasteiger partial charge in [0, 0.05) is 24.9 Å². The van der Waals surface area contributed by atoms with Crippen LogP contribution in [0.15, 0.2) is 48.7 Å². The van der Waals surface area contributed by atoms with Crippen molar-refractivity contribution in [3.63, 3.8) is 0 Å². The van der Waals surface area contributed by atoms with Crippen molar-refractivity contribution < 1.29 is 17.6 Å². The van der Waals surface area contributed by atoms with Crippen LogP contribution in [0.1, 0.15) is 11.1 Å². The number of rotatable bonds is 5. The van der Waals surface area contributed by atoms with E-state index in [2.05, 4.69) is 15.7 Å². The quantitative estimate of drug-likeness (QED) is 0.390. The van der Waals surface area contributed by atoms with Gasteiger partial charge in [0.2, 0.25) is 0 Å². The highest BCUT2D eigenvalue weighted by Crippen LogP contribution is 2.20. The van der Waals surface area contributed by atoms with Crippen LogP contribution >= 0.6 is 12.2 Å². The summed E-state index contributed by atoms with van der Waals surface area (Å²) in [7, 11) is 0. The van der Waals surface area contributed by atoms with Crippen molar-refractivity contribution in [2.24, 2.45) is 0 Å². The molecule has 27 heavy (non-hydrogen) atoms. The number of aromatic nitrogens is 2. The van der Waals surface area contributed by atoms with Crippen molar-refractivity contribution in [2.45, 2.75) is 13.1 Å². The maximum absolute atomic E-state index is 13.7. The monoisotopic (exact) mass is 394 g/mol. The van der Waals surface area contributed by atoms with Gasteiger partial charge in [0.25, 0.3) is 0 Å². The highest BCUT2D eigenvalue weighted by molar-refractivity contribution is 7.80. The van der Waals surface area contributed by atoms with Gasteiger partial charge in [-0.2, -0.15) is 5.10 Å². The predicted octanol–water partition coefficient (Wildman–Crippen LogP) is 3.97. The molecule has 140 valence electrons. The van der Waals surface area contributed by atoms with E-state index < -0.39 is 35.4 Å². The lowest BCUT2D eigenvalue weighted by atomic mass is 10.2.